The topological polar surface area (TPSA) is 86.0 Å². The van der Waals surface area contributed by atoms with Crippen LogP contribution in [0.15, 0.2) is 42.5 Å². The van der Waals surface area contributed by atoms with Gasteiger partial charge in [0.15, 0.2) is 17.3 Å². The molecule has 3 N–H and O–H groups in total. The summed E-state index contributed by atoms with van der Waals surface area (Å²) in [6.45, 7) is 2.46. The van der Waals surface area contributed by atoms with Crippen molar-refractivity contribution in [2.24, 2.45) is 5.73 Å². The number of hydrogen-bond acceptors (Lipinski definition) is 5. The molecule has 0 radical (unpaired) electrons. The van der Waals surface area contributed by atoms with Crippen LogP contribution >= 0.6 is 11.6 Å². The number of halogens is 1. The van der Waals surface area contributed by atoms with E-state index in [-0.39, 0.29) is 0 Å². The minimum absolute atomic E-state index is 0.414. The molecule has 0 fully saturated rings. The van der Waals surface area contributed by atoms with Crippen LogP contribution in [-0.2, 0) is 0 Å². The Labute approximate surface area is 150 Å². The average Bonchev–Trinajstić information content (AvgIpc) is 3.12. The monoisotopic (exact) mass is 358 g/mol. The molecule has 1 heterocycles. The Morgan fingerprint density at radius 2 is 1.92 bits per heavy atom. The van der Waals surface area contributed by atoms with E-state index in [0.717, 1.165) is 11.1 Å². The Morgan fingerprint density at radius 3 is 2.60 bits per heavy atom. The van der Waals surface area contributed by atoms with Crippen LogP contribution in [0.3, 0.4) is 0 Å². The van der Waals surface area contributed by atoms with E-state index in [1.807, 2.05) is 37.3 Å². The van der Waals surface area contributed by atoms with Crippen LogP contribution in [0.25, 0.3) is 11.4 Å². The lowest BCUT2D eigenvalue weighted by atomic mass is 10.1. The maximum absolute atomic E-state index is 6.26. The molecular formula is C18H19ClN4O2. The number of aromatic nitrogens is 3. The summed E-state index contributed by atoms with van der Waals surface area (Å²) in [6.07, 6.45) is 0. The third-order valence-corrected chi connectivity index (χ3v) is 4.00. The van der Waals surface area contributed by atoms with Gasteiger partial charge in [-0.2, -0.15) is 5.10 Å². The number of ether oxygens (including phenoxy) is 2. The molecule has 0 unspecified atom stereocenters. The molecule has 0 bridgehead atoms. The lowest BCUT2D eigenvalue weighted by molar-refractivity contribution is 0.311. The molecule has 6 nitrogen and oxygen atoms in total. The van der Waals surface area contributed by atoms with Gasteiger partial charge in [0.05, 0.1) is 19.8 Å². The van der Waals surface area contributed by atoms with Crippen LogP contribution in [-0.4, -0.2) is 28.9 Å². The zero-order valence-corrected chi connectivity index (χ0v) is 14.7. The van der Waals surface area contributed by atoms with Crippen molar-refractivity contribution in [3.05, 3.63) is 58.9 Å². The molecule has 7 heteroatoms. The third-order valence-electron chi connectivity index (χ3n) is 3.75. The fourth-order valence-corrected chi connectivity index (χ4v) is 2.58. The van der Waals surface area contributed by atoms with Gasteiger partial charge in [0.25, 0.3) is 0 Å². The van der Waals surface area contributed by atoms with Crippen molar-refractivity contribution in [3.8, 4) is 22.9 Å². The van der Waals surface area contributed by atoms with Crippen molar-refractivity contribution >= 4 is 11.6 Å². The number of benzene rings is 2. The number of rotatable bonds is 6. The highest BCUT2D eigenvalue weighted by Crippen LogP contribution is 2.31. The normalized spacial score (nSPS) is 12.0. The number of nitrogens with zero attached hydrogens (tertiary/aromatic N) is 2. The predicted octanol–water partition coefficient (Wildman–Crippen LogP) is 3.58. The van der Waals surface area contributed by atoms with E-state index >= 15 is 0 Å². The van der Waals surface area contributed by atoms with E-state index in [2.05, 4.69) is 15.2 Å². The second-order valence-electron chi connectivity index (χ2n) is 5.37. The Hall–Kier alpha value is -2.57. The lowest BCUT2D eigenvalue weighted by Gasteiger charge is -2.10. The first-order valence-electron chi connectivity index (χ1n) is 7.87. The van der Waals surface area contributed by atoms with Crippen LogP contribution in [0.4, 0.5) is 0 Å². The van der Waals surface area contributed by atoms with Crippen LogP contribution in [0.5, 0.6) is 11.5 Å². The molecule has 2 aromatic carbocycles. The van der Waals surface area contributed by atoms with Gasteiger partial charge in [0.1, 0.15) is 5.82 Å². The van der Waals surface area contributed by atoms with Gasteiger partial charge in [-0.15, -0.1) is 0 Å². The fraction of sp³-hybridized carbons (Fsp3) is 0.222. The van der Waals surface area contributed by atoms with Gasteiger partial charge in [0, 0.05) is 10.6 Å². The molecule has 1 atom stereocenters. The number of aromatic amines is 1. The minimum atomic E-state index is -0.414. The van der Waals surface area contributed by atoms with E-state index in [0.29, 0.717) is 34.8 Å². The molecule has 0 amide bonds. The molecule has 0 aliphatic carbocycles. The molecule has 3 aromatic rings. The van der Waals surface area contributed by atoms with Crippen molar-refractivity contribution < 1.29 is 9.47 Å². The van der Waals surface area contributed by atoms with Crippen molar-refractivity contribution in [1.29, 1.82) is 0 Å². The molecular weight excluding hydrogens is 340 g/mol. The Balaban J connectivity index is 1.88. The quantitative estimate of drug-likeness (QED) is 0.703. The van der Waals surface area contributed by atoms with Crippen molar-refractivity contribution in [3.63, 3.8) is 0 Å². The average molecular weight is 359 g/mol. The lowest BCUT2D eigenvalue weighted by Crippen LogP contribution is -2.13. The molecule has 0 spiro atoms. The summed E-state index contributed by atoms with van der Waals surface area (Å²) in [5, 5.41) is 7.84. The minimum Gasteiger partial charge on any atom is -0.493 e. The SMILES string of the molecule is CCOc1cc(-c2n[nH]c([C@H](N)c3ccc(Cl)cc3)n2)ccc1OC. The number of nitrogens with one attached hydrogen (secondary N) is 1. The summed E-state index contributed by atoms with van der Waals surface area (Å²) in [5.41, 5.74) is 7.97. The summed E-state index contributed by atoms with van der Waals surface area (Å²) in [6, 6.07) is 12.5. The molecule has 1 aromatic heterocycles. The molecule has 0 saturated carbocycles. The molecule has 130 valence electrons. The first kappa shape index (κ1) is 17.3. The zero-order chi connectivity index (χ0) is 17.8. The molecule has 3 rings (SSSR count). The highest BCUT2D eigenvalue weighted by Gasteiger charge is 2.16. The van der Waals surface area contributed by atoms with Crippen LogP contribution in [0.2, 0.25) is 5.02 Å². The van der Waals surface area contributed by atoms with Gasteiger partial charge >= 0.3 is 0 Å². The van der Waals surface area contributed by atoms with Crippen molar-refractivity contribution in [2.75, 3.05) is 13.7 Å². The highest BCUT2D eigenvalue weighted by molar-refractivity contribution is 6.30. The summed E-state index contributed by atoms with van der Waals surface area (Å²) >= 11 is 5.91. The van der Waals surface area contributed by atoms with Gasteiger partial charge in [0.2, 0.25) is 0 Å². The predicted molar refractivity (Wildman–Crippen MR) is 97.0 cm³/mol. The smallest absolute Gasteiger partial charge is 0.181 e. The standard InChI is InChI=1S/C18H19ClN4O2/c1-3-25-15-10-12(6-9-14(15)24-2)17-21-18(23-22-17)16(20)11-4-7-13(19)8-5-11/h4-10,16H,3,20H2,1-2H3,(H,21,22,23)/t16-/m1/s1. The maximum atomic E-state index is 6.26. The van der Waals surface area contributed by atoms with Gasteiger partial charge in [-0.25, -0.2) is 4.98 Å². The Morgan fingerprint density at radius 1 is 1.16 bits per heavy atom. The molecule has 0 saturated heterocycles. The van der Waals surface area contributed by atoms with Gasteiger partial charge < -0.3 is 15.2 Å². The zero-order valence-electron chi connectivity index (χ0n) is 14.0. The maximum Gasteiger partial charge on any atom is 0.181 e. The van der Waals surface area contributed by atoms with Crippen LogP contribution < -0.4 is 15.2 Å². The van der Waals surface area contributed by atoms with E-state index in [1.54, 1.807) is 19.2 Å². The van der Waals surface area contributed by atoms with Crippen molar-refractivity contribution in [1.82, 2.24) is 15.2 Å². The van der Waals surface area contributed by atoms with Crippen LogP contribution in [0, 0.1) is 0 Å². The highest BCUT2D eigenvalue weighted by atomic mass is 35.5. The summed E-state index contributed by atoms with van der Waals surface area (Å²) in [5.74, 6) is 2.43. The number of H-pyrrole nitrogens is 1. The number of nitrogens with two attached hydrogens (primary N) is 1. The van der Waals surface area contributed by atoms with Gasteiger partial charge in [-0.1, -0.05) is 23.7 Å². The summed E-state index contributed by atoms with van der Waals surface area (Å²) in [7, 11) is 1.60. The molecule has 25 heavy (non-hydrogen) atoms. The first-order valence-corrected chi connectivity index (χ1v) is 8.24. The van der Waals surface area contributed by atoms with Gasteiger partial charge in [-0.3, -0.25) is 5.10 Å². The van der Waals surface area contributed by atoms with Crippen LogP contribution in [0.1, 0.15) is 24.4 Å². The number of hydrogen-bond donors (Lipinski definition) is 2. The largest absolute Gasteiger partial charge is 0.493 e. The van der Waals surface area contributed by atoms with E-state index in [9.17, 15) is 0 Å². The first-order chi connectivity index (χ1) is 12.1. The molecule has 0 aliphatic rings. The molecule has 0 aliphatic heterocycles. The van der Waals surface area contributed by atoms with E-state index in [1.165, 1.54) is 0 Å². The Bertz CT molecular complexity index is 849. The summed E-state index contributed by atoms with van der Waals surface area (Å²) < 4.78 is 10.9. The summed E-state index contributed by atoms with van der Waals surface area (Å²) in [4.78, 5) is 4.51. The van der Waals surface area contributed by atoms with Gasteiger partial charge in [-0.05, 0) is 42.8 Å². The second-order valence-corrected chi connectivity index (χ2v) is 5.81. The fourth-order valence-electron chi connectivity index (χ4n) is 2.45. The van der Waals surface area contributed by atoms with Crippen molar-refractivity contribution in [2.45, 2.75) is 13.0 Å². The Kier molecular flexibility index (Phi) is 5.21. The number of methoxy groups -OCH3 is 1. The second kappa shape index (κ2) is 7.55. The van der Waals surface area contributed by atoms with E-state index in [4.69, 9.17) is 26.8 Å². The third kappa shape index (κ3) is 3.75. The van der Waals surface area contributed by atoms with E-state index < -0.39 is 6.04 Å².